The topological polar surface area (TPSA) is 109 Å². The summed E-state index contributed by atoms with van der Waals surface area (Å²) in [7, 11) is 1.55. The molecule has 0 spiro atoms. The molecule has 9 heteroatoms. The van der Waals surface area contributed by atoms with Crippen molar-refractivity contribution in [3.05, 3.63) is 58.6 Å². The molecule has 9 nitrogen and oxygen atoms in total. The van der Waals surface area contributed by atoms with Crippen molar-refractivity contribution in [2.75, 3.05) is 17.7 Å². The number of ketones is 1. The van der Waals surface area contributed by atoms with Gasteiger partial charge in [-0.3, -0.25) is 4.79 Å². The van der Waals surface area contributed by atoms with E-state index in [0.29, 0.717) is 35.1 Å². The second-order valence-electron chi connectivity index (χ2n) is 7.33. The number of carbonyl (C=O) groups is 1. The fourth-order valence-electron chi connectivity index (χ4n) is 3.72. The van der Waals surface area contributed by atoms with Crippen molar-refractivity contribution < 1.29 is 14.3 Å². The van der Waals surface area contributed by atoms with E-state index in [0.717, 1.165) is 15.9 Å². The van der Waals surface area contributed by atoms with Crippen molar-refractivity contribution in [3.8, 4) is 5.75 Å². The van der Waals surface area contributed by atoms with Crippen LogP contribution in [-0.2, 0) is 11.3 Å². The summed E-state index contributed by atoms with van der Waals surface area (Å²) in [6.45, 7) is 3.70. The maximum absolute atomic E-state index is 12.9. The van der Waals surface area contributed by atoms with Gasteiger partial charge in [0.25, 0.3) is 5.69 Å². The first-order chi connectivity index (χ1) is 15.0. The molecule has 1 aromatic heterocycles. The highest BCUT2D eigenvalue weighted by Crippen LogP contribution is 2.34. The Labute approximate surface area is 179 Å². The number of rotatable bonds is 4. The lowest BCUT2D eigenvalue weighted by atomic mass is 9.90. The first-order valence-electron chi connectivity index (χ1n) is 9.98. The van der Waals surface area contributed by atoms with E-state index in [1.807, 2.05) is 25.1 Å². The van der Waals surface area contributed by atoms with Crippen LogP contribution in [0.3, 0.4) is 0 Å². The number of carbonyl (C=O) groups excluding carboxylic acids is 1. The van der Waals surface area contributed by atoms with E-state index < -0.39 is 0 Å². The monoisotopic (exact) mass is 419 g/mol. The van der Waals surface area contributed by atoms with Gasteiger partial charge >= 0.3 is 0 Å². The Morgan fingerprint density at radius 1 is 1.19 bits per heavy atom. The van der Waals surface area contributed by atoms with E-state index >= 15 is 0 Å². The van der Waals surface area contributed by atoms with Gasteiger partial charge in [0.05, 0.1) is 19.0 Å². The maximum Gasteiger partial charge on any atom is 0.258 e. The molecule has 2 heterocycles. The fraction of sp³-hybridized carbons (Fsp3) is 0.273. The van der Waals surface area contributed by atoms with Crippen molar-refractivity contribution in [1.82, 2.24) is 15.2 Å². The van der Waals surface area contributed by atoms with Gasteiger partial charge in [-0.1, -0.05) is 19.1 Å². The van der Waals surface area contributed by atoms with Gasteiger partial charge in [0.1, 0.15) is 11.5 Å². The Kier molecular flexibility index (Phi) is 5.57. The second-order valence-corrected chi connectivity index (χ2v) is 7.33. The lowest BCUT2D eigenvalue weighted by Crippen LogP contribution is -2.11. The Morgan fingerprint density at radius 3 is 2.77 bits per heavy atom. The third-order valence-electron chi connectivity index (χ3n) is 5.26. The molecule has 0 saturated heterocycles. The van der Waals surface area contributed by atoms with Gasteiger partial charge in [0.2, 0.25) is 12.5 Å². The van der Waals surface area contributed by atoms with Crippen LogP contribution in [0.2, 0.25) is 0 Å². The summed E-state index contributed by atoms with van der Waals surface area (Å²) in [5.74, 6) is 1.07. The zero-order chi connectivity index (χ0) is 22.0. The minimum atomic E-state index is -0.262. The van der Waals surface area contributed by atoms with Crippen molar-refractivity contribution in [2.24, 2.45) is 0 Å². The predicted molar refractivity (Wildman–Crippen MR) is 117 cm³/mol. The van der Waals surface area contributed by atoms with Crippen molar-refractivity contribution in [2.45, 2.75) is 32.7 Å². The molecule has 158 valence electrons. The SMILES string of the molecule is CCC(C(C)=O)c1ccc2cc1Nc1cnnc(n1)Nc1cc(ccc1OC)[N+](=O)C2. The third kappa shape index (κ3) is 4.20. The number of Topliss-reactive ketones (excluding diaryl/α,β-unsaturated/α-hetero) is 1. The molecule has 2 aromatic carbocycles. The Balaban J connectivity index is 1.86. The van der Waals surface area contributed by atoms with E-state index in [9.17, 15) is 9.70 Å². The largest absolute Gasteiger partial charge is 0.495 e. The minimum absolute atomic E-state index is 0.0768. The molecular weight excluding hydrogens is 396 g/mol. The number of aromatic nitrogens is 3. The summed E-state index contributed by atoms with van der Waals surface area (Å²) in [6.07, 6.45) is 2.17. The van der Waals surface area contributed by atoms with Crippen molar-refractivity contribution >= 4 is 34.6 Å². The average Bonchev–Trinajstić information content (AvgIpc) is 2.75. The number of hydrogen-bond acceptors (Lipinski definition) is 8. The van der Waals surface area contributed by atoms with E-state index in [-0.39, 0.29) is 24.2 Å². The van der Waals surface area contributed by atoms with Crippen molar-refractivity contribution in [3.63, 3.8) is 0 Å². The highest BCUT2D eigenvalue weighted by molar-refractivity contribution is 5.85. The number of hydrogen-bond donors (Lipinski definition) is 2. The van der Waals surface area contributed by atoms with E-state index in [4.69, 9.17) is 4.74 Å². The van der Waals surface area contributed by atoms with Gasteiger partial charge in [0, 0.05) is 39.0 Å². The lowest BCUT2D eigenvalue weighted by Gasteiger charge is -2.18. The Bertz CT molecular complexity index is 1160. The number of benzene rings is 2. The first kappa shape index (κ1) is 20.4. The van der Waals surface area contributed by atoms with Gasteiger partial charge in [-0.25, -0.2) is 0 Å². The Morgan fingerprint density at radius 2 is 2.03 bits per heavy atom. The summed E-state index contributed by atoms with van der Waals surface area (Å²) in [4.78, 5) is 29.6. The number of ether oxygens (including phenoxy) is 1. The van der Waals surface area contributed by atoms with Crippen LogP contribution in [0.15, 0.2) is 42.6 Å². The molecule has 4 rings (SSSR count). The normalized spacial score (nSPS) is 13.6. The van der Waals surface area contributed by atoms with Gasteiger partial charge in [0.15, 0.2) is 5.82 Å². The van der Waals surface area contributed by atoms with Crippen LogP contribution in [0.4, 0.5) is 28.8 Å². The molecule has 1 aliphatic rings. The van der Waals surface area contributed by atoms with Crippen LogP contribution in [0.5, 0.6) is 5.75 Å². The van der Waals surface area contributed by atoms with Crippen LogP contribution in [0, 0.1) is 4.91 Å². The van der Waals surface area contributed by atoms with E-state index in [1.165, 1.54) is 6.20 Å². The van der Waals surface area contributed by atoms with Crippen LogP contribution < -0.4 is 15.4 Å². The number of nitrogens with one attached hydrogen (secondary N) is 2. The van der Waals surface area contributed by atoms with Gasteiger partial charge in [-0.05, 0) is 31.0 Å². The number of fused-ring (bicyclic) bond motifs is 6. The smallest absolute Gasteiger partial charge is 0.258 e. The molecule has 0 aliphatic carbocycles. The summed E-state index contributed by atoms with van der Waals surface area (Å²) in [5, 5.41) is 14.4. The second kappa shape index (κ2) is 8.47. The molecule has 0 fully saturated rings. The quantitative estimate of drug-likeness (QED) is 0.600. The van der Waals surface area contributed by atoms with Crippen LogP contribution in [-0.4, -0.2) is 32.8 Å². The maximum atomic E-state index is 12.9. The molecular formula is C22H23N6O3+. The standard InChI is InChI=1S/C22H23N6O3/c1-4-16(13(2)29)17-7-5-14-9-18(17)24-21-11-23-27-22(26-21)25-19-10-15(28(30)12-14)6-8-20(19)31-3/h5-11,16H,4,12H2,1-3H3,(H2,24,25,26,27)/q+1. The molecule has 3 aromatic rings. The number of nitroso groups, excluding NO2 is 1. The molecule has 6 bridgehead atoms. The Hall–Kier alpha value is -3.88. The highest BCUT2D eigenvalue weighted by Gasteiger charge is 2.23. The first-order valence-corrected chi connectivity index (χ1v) is 9.98. The van der Waals surface area contributed by atoms with Crippen LogP contribution >= 0.6 is 0 Å². The van der Waals surface area contributed by atoms with Crippen LogP contribution in [0.25, 0.3) is 0 Å². The van der Waals surface area contributed by atoms with Gasteiger partial charge < -0.3 is 15.4 Å². The van der Waals surface area contributed by atoms with Gasteiger partial charge in [-0.15, -0.1) is 5.10 Å². The fourth-order valence-corrected chi connectivity index (χ4v) is 3.72. The minimum Gasteiger partial charge on any atom is -0.495 e. The lowest BCUT2D eigenvalue weighted by molar-refractivity contribution is -0.480. The zero-order valence-electron chi connectivity index (χ0n) is 17.5. The summed E-state index contributed by atoms with van der Waals surface area (Å²) < 4.78 is 6.29. The summed E-state index contributed by atoms with van der Waals surface area (Å²) in [6, 6.07) is 10.7. The highest BCUT2D eigenvalue weighted by atomic mass is 16.5. The molecule has 2 N–H and O–H groups in total. The van der Waals surface area contributed by atoms with Crippen molar-refractivity contribution in [1.29, 1.82) is 0 Å². The molecule has 1 atom stereocenters. The summed E-state index contributed by atoms with van der Waals surface area (Å²) in [5.41, 5.74) is 3.37. The molecule has 0 saturated carbocycles. The number of nitrogens with zero attached hydrogens (tertiary/aromatic N) is 4. The molecule has 1 aliphatic heterocycles. The molecule has 0 radical (unpaired) electrons. The van der Waals surface area contributed by atoms with E-state index in [2.05, 4.69) is 25.8 Å². The van der Waals surface area contributed by atoms with Crippen LogP contribution in [0.1, 0.15) is 37.3 Å². The zero-order valence-corrected chi connectivity index (χ0v) is 17.5. The molecule has 0 amide bonds. The molecule has 31 heavy (non-hydrogen) atoms. The van der Waals surface area contributed by atoms with E-state index in [1.54, 1.807) is 32.2 Å². The summed E-state index contributed by atoms with van der Waals surface area (Å²) >= 11 is 0. The number of anilines is 4. The predicted octanol–water partition coefficient (Wildman–Crippen LogP) is 4.37. The number of methoxy groups -OCH3 is 1. The third-order valence-corrected chi connectivity index (χ3v) is 5.26. The average molecular weight is 419 g/mol. The molecule has 1 unspecified atom stereocenters. The van der Waals surface area contributed by atoms with Gasteiger partial charge in [-0.2, -0.15) is 10.1 Å².